The van der Waals surface area contributed by atoms with Gasteiger partial charge >= 0.3 is 0 Å². The van der Waals surface area contributed by atoms with Crippen molar-refractivity contribution in [3.63, 3.8) is 0 Å². The summed E-state index contributed by atoms with van der Waals surface area (Å²) in [6.45, 7) is 5.95. The number of rotatable bonds is 2. The second-order valence-corrected chi connectivity index (χ2v) is 4.86. The summed E-state index contributed by atoms with van der Waals surface area (Å²) in [6.07, 6.45) is 0. The van der Waals surface area contributed by atoms with Crippen LogP contribution in [0.1, 0.15) is 34.3 Å². The van der Waals surface area contributed by atoms with E-state index in [0.29, 0.717) is 5.02 Å². The SMILES string of the molecule is Cc1cc(Cl)cc(C(N)c2cc(C)c(C)o2)c1. The maximum absolute atomic E-state index is 6.18. The van der Waals surface area contributed by atoms with Crippen LogP contribution < -0.4 is 5.73 Å². The number of halogens is 1. The lowest BCUT2D eigenvalue weighted by atomic mass is 10.0. The normalized spacial score (nSPS) is 12.8. The first-order valence-corrected chi connectivity index (χ1v) is 5.95. The predicted octanol–water partition coefficient (Wildman–Crippen LogP) is 3.91. The van der Waals surface area contributed by atoms with Crippen LogP contribution in [-0.4, -0.2) is 0 Å². The number of benzene rings is 1. The van der Waals surface area contributed by atoms with E-state index in [1.165, 1.54) is 0 Å². The molecule has 2 N–H and O–H groups in total. The lowest BCUT2D eigenvalue weighted by molar-refractivity contribution is 0.465. The van der Waals surface area contributed by atoms with Crippen LogP contribution in [0.2, 0.25) is 5.02 Å². The molecule has 1 atom stereocenters. The van der Waals surface area contributed by atoms with Crippen LogP contribution in [0.3, 0.4) is 0 Å². The van der Waals surface area contributed by atoms with Crippen LogP contribution in [0.15, 0.2) is 28.7 Å². The summed E-state index contributed by atoms with van der Waals surface area (Å²) in [5.74, 6) is 1.69. The molecular formula is C14H16ClNO. The molecule has 1 aromatic heterocycles. The van der Waals surface area contributed by atoms with Gasteiger partial charge in [-0.25, -0.2) is 0 Å². The molecule has 0 fully saturated rings. The number of hydrogen-bond acceptors (Lipinski definition) is 2. The highest BCUT2D eigenvalue weighted by atomic mass is 35.5. The Bertz CT molecular complexity index is 505. The number of nitrogens with two attached hydrogens (primary N) is 1. The van der Waals surface area contributed by atoms with Crippen molar-refractivity contribution in [3.8, 4) is 0 Å². The highest BCUT2D eigenvalue weighted by Gasteiger charge is 2.15. The molecule has 17 heavy (non-hydrogen) atoms. The molecule has 0 aliphatic rings. The fourth-order valence-corrected chi connectivity index (χ4v) is 2.16. The van der Waals surface area contributed by atoms with E-state index in [1.807, 2.05) is 45.0 Å². The van der Waals surface area contributed by atoms with E-state index in [-0.39, 0.29) is 6.04 Å². The Morgan fingerprint density at radius 3 is 2.35 bits per heavy atom. The topological polar surface area (TPSA) is 39.2 Å². The lowest BCUT2D eigenvalue weighted by Crippen LogP contribution is -2.11. The van der Waals surface area contributed by atoms with Gasteiger partial charge in [0.05, 0.1) is 6.04 Å². The molecule has 2 rings (SSSR count). The Hall–Kier alpha value is -1.25. The van der Waals surface area contributed by atoms with Gasteiger partial charge in [-0.15, -0.1) is 0 Å². The molecule has 2 aromatic rings. The van der Waals surface area contributed by atoms with Gasteiger partial charge in [0.2, 0.25) is 0 Å². The third-order valence-electron chi connectivity index (χ3n) is 2.92. The summed E-state index contributed by atoms with van der Waals surface area (Å²) >= 11 is 6.03. The average Bonchev–Trinajstić information content (AvgIpc) is 2.57. The molecule has 1 unspecified atom stereocenters. The van der Waals surface area contributed by atoms with Crippen molar-refractivity contribution in [1.82, 2.24) is 0 Å². The van der Waals surface area contributed by atoms with Gasteiger partial charge in [0.1, 0.15) is 11.5 Å². The zero-order valence-electron chi connectivity index (χ0n) is 10.3. The van der Waals surface area contributed by atoms with Gasteiger partial charge in [-0.05, 0) is 55.7 Å². The van der Waals surface area contributed by atoms with Crippen molar-refractivity contribution in [2.45, 2.75) is 26.8 Å². The van der Waals surface area contributed by atoms with E-state index in [1.54, 1.807) is 0 Å². The summed E-state index contributed by atoms with van der Waals surface area (Å²) in [5, 5.41) is 0.704. The molecule has 0 aliphatic heterocycles. The zero-order chi connectivity index (χ0) is 12.6. The van der Waals surface area contributed by atoms with Crippen LogP contribution >= 0.6 is 11.6 Å². The maximum atomic E-state index is 6.18. The molecule has 1 heterocycles. The third-order valence-corrected chi connectivity index (χ3v) is 3.13. The minimum atomic E-state index is -0.264. The number of furan rings is 1. The van der Waals surface area contributed by atoms with Gasteiger partial charge in [0.25, 0.3) is 0 Å². The molecule has 2 nitrogen and oxygen atoms in total. The van der Waals surface area contributed by atoms with Crippen molar-refractivity contribution in [2.75, 3.05) is 0 Å². The average molecular weight is 250 g/mol. The van der Waals surface area contributed by atoms with Crippen LogP contribution in [0.5, 0.6) is 0 Å². The van der Waals surface area contributed by atoms with Gasteiger partial charge in [-0.1, -0.05) is 17.7 Å². The Morgan fingerprint density at radius 2 is 1.82 bits per heavy atom. The first kappa shape index (κ1) is 12.2. The van der Waals surface area contributed by atoms with Crippen LogP contribution in [0.4, 0.5) is 0 Å². The van der Waals surface area contributed by atoms with Crippen LogP contribution in [-0.2, 0) is 0 Å². The fraction of sp³-hybridized carbons (Fsp3) is 0.286. The molecule has 0 radical (unpaired) electrons. The van der Waals surface area contributed by atoms with Crippen LogP contribution in [0.25, 0.3) is 0 Å². The van der Waals surface area contributed by atoms with E-state index in [4.69, 9.17) is 21.8 Å². The minimum Gasteiger partial charge on any atom is -0.464 e. The quantitative estimate of drug-likeness (QED) is 0.877. The molecule has 0 bridgehead atoms. The fourth-order valence-electron chi connectivity index (χ4n) is 1.86. The van der Waals surface area contributed by atoms with Crippen molar-refractivity contribution >= 4 is 11.6 Å². The summed E-state index contributed by atoms with van der Waals surface area (Å²) in [6, 6.07) is 7.54. The summed E-state index contributed by atoms with van der Waals surface area (Å²) in [5.41, 5.74) is 9.38. The molecule has 0 amide bonds. The Labute approximate surface area is 106 Å². The molecule has 0 saturated heterocycles. The smallest absolute Gasteiger partial charge is 0.125 e. The van der Waals surface area contributed by atoms with E-state index >= 15 is 0 Å². The van der Waals surface area contributed by atoms with Gasteiger partial charge in [-0.2, -0.15) is 0 Å². The Kier molecular flexibility index (Phi) is 3.27. The predicted molar refractivity (Wildman–Crippen MR) is 70.4 cm³/mol. The first-order chi connectivity index (χ1) is 7.97. The monoisotopic (exact) mass is 249 g/mol. The summed E-state index contributed by atoms with van der Waals surface area (Å²) in [4.78, 5) is 0. The van der Waals surface area contributed by atoms with Gasteiger partial charge < -0.3 is 10.2 Å². The maximum Gasteiger partial charge on any atom is 0.125 e. The molecule has 1 aromatic carbocycles. The largest absolute Gasteiger partial charge is 0.464 e. The Balaban J connectivity index is 2.39. The lowest BCUT2D eigenvalue weighted by Gasteiger charge is -2.10. The van der Waals surface area contributed by atoms with Gasteiger partial charge in [-0.3, -0.25) is 0 Å². The molecule has 0 aliphatic carbocycles. The van der Waals surface area contributed by atoms with E-state index < -0.39 is 0 Å². The van der Waals surface area contributed by atoms with Crippen LogP contribution in [0, 0.1) is 20.8 Å². The standard InChI is InChI=1S/C14H16ClNO/c1-8-4-11(7-12(15)5-8)14(16)13-6-9(2)10(3)17-13/h4-7,14H,16H2,1-3H3. The van der Waals surface area contributed by atoms with Crippen molar-refractivity contribution in [2.24, 2.45) is 5.73 Å². The molecule has 0 saturated carbocycles. The molecule has 3 heteroatoms. The number of aryl methyl sites for hydroxylation is 3. The van der Waals surface area contributed by atoms with E-state index in [2.05, 4.69) is 0 Å². The first-order valence-electron chi connectivity index (χ1n) is 5.57. The van der Waals surface area contributed by atoms with Gasteiger partial charge in [0.15, 0.2) is 0 Å². The van der Waals surface area contributed by atoms with Crippen molar-refractivity contribution in [3.05, 3.63) is 57.5 Å². The minimum absolute atomic E-state index is 0.264. The van der Waals surface area contributed by atoms with E-state index in [9.17, 15) is 0 Å². The summed E-state index contributed by atoms with van der Waals surface area (Å²) < 4.78 is 5.64. The second kappa shape index (κ2) is 4.55. The van der Waals surface area contributed by atoms with E-state index in [0.717, 1.165) is 28.2 Å². The number of hydrogen-bond donors (Lipinski definition) is 1. The van der Waals surface area contributed by atoms with Crippen molar-refractivity contribution in [1.29, 1.82) is 0 Å². The van der Waals surface area contributed by atoms with Crippen molar-refractivity contribution < 1.29 is 4.42 Å². The molecular weight excluding hydrogens is 234 g/mol. The zero-order valence-corrected chi connectivity index (χ0v) is 11.0. The molecule has 90 valence electrons. The molecule has 0 spiro atoms. The Morgan fingerprint density at radius 1 is 1.12 bits per heavy atom. The highest BCUT2D eigenvalue weighted by molar-refractivity contribution is 6.30. The second-order valence-electron chi connectivity index (χ2n) is 4.43. The van der Waals surface area contributed by atoms with Gasteiger partial charge in [0, 0.05) is 5.02 Å². The third kappa shape index (κ3) is 2.54. The summed E-state index contributed by atoms with van der Waals surface area (Å²) in [7, 11) is 0. The highest BCUT2D eigenvalue weighted by Crippen LogP contribution is 2.26.